The molecule has 1 aromatic heterocycles. The zero-order valence-corrected chi connectivity index (χ0v) is 20.1. The first kappa shape index (κ1) is 23.7. The summed E-state index contributed by atoms with van der Waals surface area (Å²) >= 11 is 0. The molecule has 0 bridgehead atoms. The molecule has 0 N–H and O–H groups in total. The van der Waals surface area contributed by atoms with E-state index in [0.717, 1.165) is 60.8 Å². The maximum absolute atomic E-state index is 11.8. The molecule has 0 spiro atoms. The van der Waals surface area contributed by atoms with Gasteiger partial charge < -0.3 is 23.5 Å². The van der Waals surface area contributed by atoms with Gasteiger partial charge in [-0.05, 0) is 69.9 Å². The highest BCUT2D eigenvalue weighted by Crippen LogP contribution is 2.35. The number of carbonyl (C=O) groups is 1. The Kier molecular flexibility index (Phi) is 7.72. The van der Waals surface area contributed by atoms with Crippen molar-refractivity contribution >= 4 is 12.0 Å². The van der Waals surface area contributed by atoms with E-state index in [2.05, 4.69) is 16.0 Å². The minimum atomic E-state index is -0.141. The van der Waals surface area contributed by atoms with Crippen LogP contribution in [0, 0.1) is 6.92 Å². The van der Waals surface area contributed by atoms with Crippen LogP contribution in [0.1, 0.15) is 50.5 Å². The smallest absolute Gasteiger partial charge is 0.307 e. The average Bonchev–Trinajstić information content (AvgIpc) is 3.23. The second-order valence-corrected chi connectivity index (χ2v) is 8.29. The highest BCUT2D eigenvalue weighted by molar-refractivity contribution is 5.69. The quantitative estimate of drug-likeness (QED) is 0.352. The van der Waals surface area contributed by atoms with Crippen molar-refractivity contribution in [1.29, 1.82) is 0 Å². The highest BCUT2D eigenvalue weighted by atomic mass is 16.5. The molecule has 2 aromatic rings. The Balaban J connectivity index is 1.42. The van der Waals surface area contributed by atoms with Crippen molar-refractivity contribution in [2.75, 3.05) is 26.8 Å². The second-order valence-electron chi connectivity index (χ2n) is 8.29. The maximum Gasteiger partial charge on any atom is 0.307 e. The summed E-state index contributed by atoms with van der Waals surface area (Å²) in [5, 5.41) is 0. The number of methoxy groups -OCH3 is 1. The molecule has 1 aliphatic carbocycles. The van der Waals surface area contributed by atoms with Crippen LogP contribution >= 0.6 is 0 Å². The molecule has 0 radical (unpaired) electrons. The highest BCUT2D eigenvalue weighted by Gasteiger charge is 2.25. The van der Waals surface area contributed by atoms with E-state index in [0.29, 0.717) is 25.5 Å². The minimum Gasteiger partial charge on any atom is -0.497 e. The monoisotopic (exact) mass is 464 g/mol. The van der Waals surface area contributed by atoms with E-state index in [1.165, 1.54) is 11.3 Å². The van der Waals surface area contributed by atoms with E-state index in [1.807, 2.05) is 44.2 Å². The van der Waals surface area contributed by atoms with E-state index >= 15 is 0 Å². The van der Waals surface area contributed by atoms with Crippen molar-refractivity contribution in [3.05, 3.63) is 65.1 Å². The number of ether oxygens (including phenoxy) is 3. The van der Waals surface area contributed by atoms with Gasteiger partial charge in [0.1, 0.15) is 23.0 Å². The first-order chi connectivity index (χ1) is 16.6. The normalized spacial score (nSPS) is 15.9. The number of rotatable bonds is 9. The second kappa shape index (κ2) is 11.1. The summed E-state index contributed by atoms with van der Waals surface area (Å²) in [5.74, 6) is 2.84. The van der Waals surface area contributed by atoms with Crippen molar-refractivity contribution < 1.29 is 23.4 Å². The van der Waals surface area contributed by atoms with Gasteiger partial charge in [0.05, 0.1) is 26.4 Å². The van der Waals surface area contributed by atoms with Crippen molar-refractivity contribution in [2.45, 2.75) is 46.0 Å². The number of benzene rings is 1. The Morgan fingerprint density at radius 1 is 1.24 bits per heavy atom. The van der Waals surface area contributed by atoms with Crippen LogP contribution < -0.4 is 4.74 Å². The molecule has 4 rings (SSSR count). The molecule has 0 saturated carbocycles. The molecule has 7 heteroatoms. The zero-order valence-electron chi connectivity index (χ0n) is 20.1. The van der Waals surface area contributed by atoms with E-state index in [9.17, 15) is 4.79 Å². The van der Waals surface area contributed by atoms with Crippen LogP contribution in [0.5, 0.6) is 5.75 Å². The Bertz CT molecular complexity index is 1090. The van der Waals surface area contributed by atoms with Crippen molar-refractivity contribution in [3.8, 4) is 17.2 Å². The van der Waals surface area contributed by atoms with Gasteiger partial charge in [0, 0.05) is 36.0 Å². The molecule has 1 aromatic carbocycles. The van der Waals surface area contributed by atoms with E-state index < -0.39 is 0 Å². The van der Waals surface area contributed by atoms with E-state index in [4.69, 9.17) is 18.6 Å². The number of nitrogens with zero attached hydrogens (tertiary/aromatic N) is 2. The molecular weight excluding hydrogens is 432 g/mol. The summed E-state index contributed by atoms with van der Waals surface area (Å²) in [6.07, 6.45) is 9.99. The van der Waals surface area contributed by atoms with Crippen LogP contribution in [-0.4, -0.2) is 42.7 Å². The maximum atomic E-state index is 11.8. The molecule has 0 atom stereocenters. The molecule has 1 aliphatic heterocycles. The van der Waals surface area contributed by atoms with Gasteiger partial charge in [-0.2, -0.15) is 0 Å². The Hall–Kier alpha value is -3.48. The number of hydrogen-bond acceptors (Lipinski definition) is 7. The number of carbonyl (C=O) groups excluding carboxylic acids is 1. The number of esters is 1. The lowest BCUT2D eigenvalue weighted by atomic mass is 9.93. The topological polar surface area (TPSA) is 74.0 Å². The average molecular weight is 465 g/mol. The minimum absolute atomic E-state index is 0.141. The van der Waals surface area contributed by atoms with Gasteiger partial charge in [0.15, 0.2) is 0 Å². The summed E-state index contributed by atoms with van der Waals surface area (Å²) in [5.41, 5.74) is 4.15. The van der Waals surface area contributed by atoms with Gasteiger partial charge in [-0.3, -0.25) is 4.79 Å². The van der Waals surface area contributed by atoms with Crippen LogP contribution in [0.25, 0.3) is 17.5 Å². The van der Waals surface area contributed by atoms with Gasteiger partial charge >= 0.3 is 5.97 Å². The van der Waals surface area contributed by atoms with Crippen molar-refractivity contribution in [1.82, 2.24) is 9.88 Å². The summed E-state index contributed by atoms with van der Waals surface area (Å²) in [4.78, 5) is 18.7. The molecule has 2 aliphatic rings. The summed E-state index contributed by atoms with van der Waals surface area (Å²) in [7, 11) is 1.64. The SMILES string of the molecule is CCOC(=O)CCN1CCCC2=C1CCC=C2O/C=C/c1nc(-c2ccc(OC)cc2)oc1C. The van der Waals surface area contributed by atoms with Gasteiger partial charge in [0.25, 0.3) is 0 Å². The lowest BCUT2D eigenvalue weighted by molar-refractivity contribution is -0.143. The summed E-state index contributed by atoms with van der Waals surface area (Å²) < 4.78 is 22.2. The van der Waals surface area contributed by atoms with E-state index in [1.54, 1.807) is 13.4 Å². The molecule has 2 heterocycles. The summed E-state index contributed by atoms with van der Waals surface area (Å²) in [6.45, 7) is 5.80. The number of aromatic nitrogens is 1. The van der Waals surface area contributed by atoms with Crippen molar-refractivity contribution in [3.63, 3.8) is 0 Å². The number of allylic oxidation sites excluding steroid dienone is 3. The van der Waals surface area contributed by atoms with Gasteiger partial charge in [-0.25, -0.2) is 4.98 Å². The van der Waals surface area contributed by atoms with E-state index in [-0.39, 0.29) is 5.97 Å². The Morgan fingerprint density at radius 3 is 2.82 bits per heavy atom. The molecule has 0 unspecified atom stereocenters. The summed E-state index contributed by atoms with van der Waals surface area (Å²) in [6, 6.07) is 7.61. The predicted molar refractivity (Wildman–Crippen MR) is 130 cm³/mol. The lowest BCUT2D eigenvalue weighted by Crippen LogP contribution is -2.32. The molecule has 0 amide bonds. The molecule has 7 nitrogen and oxygen atoms in total. The van der Waals surface area contributed by atoms with Crippen LogP contribution in [-0.2, 0) is 14.3 Å². The molecule has 0 saturated heterocycles. The lowest BCUT2D eigenvalue weighted by Gasteiger charge is -2.36. The number of aryl methyl sites for hydroxylation is 1. The van der Waals surface area contributed by atoms with Crippen LogP contribution in [0.2, 0.25) is 0 Å². The third kappa shape index (κ3) is 5.53. The third-order valence-corrected chi connectivity index (χ3v) is 6.07. The number of oxazole rings is 1. The predicted octanol–water partition coefficient (Wildman–Crippen LogP) is 5.63. The molecule has 34 heavy (non-hydrogen) atoms. The van der Waals surface area contributed by atoms with Crippen LogP contribution in [0.15, 0.2) is 58.1 Å². The molecule has 0 fully saturated rings. The first-order valence-corrected chi connectivity index (χ1v) is 11.9. The Morgan fingerprint density at radius 2 is 2.06 bits per heavy atom. The molecular formula is C27H32N2O5. The fraction of sp³-hybridized carbons (Fsp3) is 0.407. The van der Waals surface area contributed by atoms with Crippen LogP contribution in [0.4, 0.5) is 0 Å². The fourth-order valence-electron chi connectivity index (χ4n) is 4.37. The van der Waals surface area contributed by atoms with Crippen molar-refractivity contribution in [2.24, 2.45) is 0 Å². The Labute approximate surface area is 200 Å². The largest absolute Gasteiger partial charge is 0.497 e. The fourth-order valence-corrected chi connectivity index (χ4v) is 4.37. The third-order valence-electron chi connectivity index (χ3n) is 6.07. The van der Waals surface area contributed by atoms with Gasteiger partial charge in [-0.15, -0.1) is 0 Å². The number of hydrogen-bond donors (Lipinski definition) is 0. The first-order valence-electron chi connectivity index (χ1n) is 11.9. The molecule has 180 valence electrons. The van der Waals surface area contributed by atoms with Gasteiger partial charge in [-0.1, -0.05) is 0 Å². The van der Waals surface area contributed by atoms with Gasteiger partial charge in [0.2, 0.25) is 5.89 Å². The standard InChI is InChI=1S/C27H32N2O5/c1-4-32-26(30)14-17-29-16-6-7-22-24(29)8-5-9-25(22)33-18-15-23-19(2)34-27(28-23)20-10-12-21(31-3)13-11-20/h9-13,15,18H,4-8,14,16-17H2,1-3H3/b18-15+. The van der Waals surface area contributed by atoms with Crippen LogP contribution in [0.3, 0.4) is 0 Å². The zero-order chi connectivity index (χ0) is 23.9.